The molecule has 2 atom stereocenters. The molecule has 2 unspecified atom stereocenters. The fourth-order valence-electron chi connectivity index (χ4n) is 2.64. The average Bonchev–Trinajstić information content (AvgIpc) is 3.21. The Morgan fingerprint density at radius 3 is 1.57 bits per heavy atom. The lowest BCUT2D eigenvalue weighted by atomic mass is 9.72. The minimum absolute atomic E-state index is 0.174. The molecule has 116 valence electrons. The van der Waals surface area contributed by atoms with Crippen LogP contribution in [0.15, 0.2) is 11.1 Å². The van der Waals surface area contributed by atoms with Crippen molar-refractivity contribution in [2.75, 3.05) is 13.2 Å². The molecule has 0 amide bonds. The molecule has 2 rings (SSSR count). The molecule has 8 nitrogen and oxygen atoms in total. The van der Waals surface area contributed by atoms with Gasteiger partial charge in [0.2, 0.25) is 0 Å². The van der Waals surface area contributed by atoms with Crippen LogP contribution in [0.4, 0.5) is 0 Å². The maximum absolute atomic E-state index is 11.5. The van der Waals surface area contributed by atoms with Crippen molar-refractivity contribution in [1.82, 2.24) is 0 Å². The zero-order chi connectivity index (χ0) is 15.8. The lowest BCUT2D eigenvalue weighted by molar-refractivity contribution is -0.143. The lowest BCUT2D eigenvalue weighted by Crippen LogP contribution is -2.33. The maximum atomic E-state index is 11.5. The van der Waals surface area contributed by atoms with Gasteiger partial charge in [0.05, 0.1) is 31.0 Å². The molecule has 0 aromatic carbocycles. The van der Waals surface area contributed by atoms with Gasteiger partial charge < -0.3 is 24.8 Å². The van der Waals surface area contributed by atoms with Gasteiger partial charge in [-0.3, -0.25) is 0 Å². The summed E-state index contributed by atoms with van der Waals surface area (Å²) in [6, 6.07) is 0. The third kappa shape index (κ3) is 3.59. The summed E-state index contributed by atoms with van der Waals surface area (Å²) in [7, 11) is 0. The van der Waals surface area contributed by atoms with Gasteiger partial charge >= 0.3 is 17.9 Å². The molecule has 8 heteroatoms. The van der Waals surface area contributed by atoms with E-state index in [2.05, 4.69) is 0 Å². The summed E-state index contributed by atoms with van der Waals surface area (Å²) in [6.45, 7) is 2.47. The van der Waals surface area contributed by atoms with Crippen LogP contribution < -0.4 is 0 Å². The summed E-state index contributed by atoms with van der Waals surface area (Å²) >= 11 is 0. The minimum atomic E-state index is -1.76. The van der Waals surface area contributed by atoms with Gasteiger partial charge in [-0.1, -0.05) is 6.92 Å². The predicted molar refractivity (Wildman–Crippen MR) is 66.8 cm³/mol. The van der Waals surface area contributed by atoms with Crippen molar-refractivity contribution in [2.24, 2.45) is 5.41 Å². The second-order valence-electron chi connectivity index (χ2n) is 5.55. The molecule has 2 fully saturated rings. The van der Waals surface area contributed by atoms with Crippen LogP contribution in [0.2, 0.25) is 0 Å². The number of carbonyl (C=O) groups is 3. The molecule has 2 aliphatic heterocycles. The SMILES string of the molecule is CC(CC1CO1)(CC1CO1)C(C(=O)O)=C(C(=O)O)C(=O)O. The van der Waals surface area contributed by atoms with E-state index in [1.54, 1.807) is 6.92 Å². The molecule has 2 heterocycles. The second kappa shape index (κ2) is 5.45. The predicted octanol–water partition coefficient (Wildman–Crippen LogP) is 0.121. The van der Waals surface area contributed by atoms with Crippen molar-refractivity contribution in [2.45, 2.75) is 32.0 Å². The summed E-state index contributed by atoms with van der Waals surface area (Å²) in [6.07, 6.45) is 0.149. The molecule has 2 saturated heterocycles. The van der Waals surface area contributed by atoms with Gasteiger partial charge in [0.15, 0.2) is 5.57 Å². The zero-order valence-electron chi connectivity index (χ0n) is 11.4. The van der Waals surface area contributed by atoms with Gasteiger partial charge in [-0.25, -0.2) is 14.4 Å². The molecule has 0 aromatic rings. The van der Waals surface area contributed by atoms with Crippen molar-refractivity contribution in [3.05, 3.63) is 11.1 Å². The number of carboxylic acid groups (broad SMARTS) is 3. The van der Waals surface area contributed by atoms with E-state index in [4.69, 9.17) is 19.7 Å². The molecule has 0 radical (unpaired) electrons. The van der Waals surface area contributed by atoms with Crippen LogP contribution in [0.1, 0.15) is 19.8 Å². The highest BCUT2D eigenvalue weighted by Crippen LogP contribution is 2.44. The Bertz CT molecular complexity index is 482. The first-order chi connectivity index (χ1) is 9.74. The highest BCUT2D eigenvalue weighted by molar-refractivity contribution is 6.17. The van der Waals surface area contributed by atoms with Crippen LogP contribution in [0.25, 0.3) is 0 Å². The summed E-state index contributed by atoms with van der Waals surface area (Å²) in [5.41, 5.74) is -2.85. The Balaban J connectivity index is 2.47. The Kier molecular flexibility index (Phi) is 4.02. The van der Waals surface area contributed by atoms with Gasteiger partial charge in [-0.15, -0.1) is 0 Å². The van der Waals surface area contributed by atoms with Crippen LogP contribution in [-0.4, -0.2) is 58.6 Å². The first-order valence-electron chi connectivity index (χ1n) is 6.42. The largest absolute Gasteiger partial charge is 0.478 e. The number of carboxylic acids is 3. The molecule has 21 heavy (non-hydrogen) atoms. The molecule has 0 bridgehead atoms. The van der Waals surface area contributed by atoms with Gasteiger partial charge in [-0.05, 0) is 12.8 Å². The normalized spacial score (nSPS) is 25.6. The lowest BCUT2D eigenvalue weighted by Gasteiger charge is -2.30. The first-order valence-corrected chi connectivity index (χ1v) is 6.42. The summed E-state index contributed by atoms with van der Waals surface area (Å²) in [5, 5.41) is 27.5. The van der Waals surface area contributed by atoms with Crippen molar-refractivity contribution in [3.8, 4) is 0 Å². The Labute approximate surface area is 120 Å². The van der Waals surface area contributed by atoms with Crippen molar-refractivity contribution >= 4 is 17.9 Å². The van der Waals surface area contributed by atoms with Crippen LogP contribution in [0.5, 0.6) is 0 Å². The first kappa shape index (κ1) is 15.5. The van der Waals surface area contributed by atoms with Gasteiger partial charge in [0.25, 0.3) is 0 Å². The Morgan fingerprint density at radius 2 is 1.33 bits per heavy atom. The summed E-state index contributed by atoms with van der Waals surface area (Å²) in [5.74, 6) is -5.07. The quantitative estimate of drug-likeness (QED) is 0.249. The number of epoxide rings is 2. The Hall–Kier alpha value is -1.93. The zero-order valence-corrected chi connectivity index (χ0v) is 11.4. The molecule has 0 saturated carbocycles. The standard InChI is InChI=1S/C13H16O8/c1-13(2-6-4-20-6,3-7-5-21-7)9(12(18)19)8(10(14)15)11(16)17/h6-7H,2-5H2,1H3,(H,14,15)(H,16,17)(H,18,19). The van der Waals surface area contributed by atoms with Crippen LogP contribution >= 0.6 is 0 Å². The van der Waals surface area contributed by atoms with Gasteiger partial charge in [-0.2, -0.15) is 0 Å². The maximum Gasteiger partial charge on any atom is 0.343 e. The Morgan fingerprint density at radius 1 is 0.952 bits per heavy atom. The number of hydrogen-bond acceptors (Lipinski definition) is 5. The van der Waals surface area contributed by atoms with E-state index in [1.165, 1.54) is 0 Å². The van der Waals surface area contributed by atoms with Gasteiger partial charge in [0, 0.05) is 5.41 Å². The minimum Gasteiger partial charge on any atom is -0.478 e. The third-order valence-corrected chi connectivity index (χ3v) is 3.66. The monoisotopic (exact) mass is 300 g/mol. The average molecular weight is 300 g/mol. The van der Waals surface area contributed by atoms with Crippen molar-refractivity contribution in [1.29, 1.82) is 0 Å². The molecule has 0 spiro atoms. The van der Waals surface area contributed by atoms with E-state index in [1.807, 2.05) is 0 Å². The number of rotatable bonds is 8. The molecule has 2 aliphatic rings. The van der Waals surface area contributed by atoms with E-state index >= 15 is 0 Å². The summed E-state index contributed by atoms with van der Waals surface area (Å²) in [4.78, 5) is 33.9. The van der Waals surface area contributed by atoms with Crippen molar-refractivity contribution < 1.29 is 39.2 Å². The molecule has 3 N–H and O–H groups in total. The van der Waals surface area contributed by atoms with Crippen LogP contribution in [-0.2, 0) is 23.9 Å². The number of aliphatic carboxylic acids is 3. The molecule has 0 aliphatic carbocycles. The number of hydrogen-bond donors (Lipinski definition) is 3. The smallest absolute Gasteiger partial charge is 0.343 e. The highest BCUT2D eigenvalue weighted by Gasteiger charge is 2.47. The van der Waals surface area contributed by atoms with E-state index in [0.717, 1.165) is 0 Å². The fraction of sp³-hybridized carbons (Fsp3) is 0.615. The number of ether oxygens (including phenoxy) is 2. The topological polar surface area (TPSA) is 137 Å². The third-order valence-electron chi connectivity index (χ3n) is 3.66. The molecule has 0 aromatic heterocycles. The van der Waals surface area contributed by atoms with Crippen LogP contribution in [0.3, 0.4) is 0 Å². The van der Waals surface area contributed by atoms with Crippen LogP contribution in [0, 0.1) is 5.41 Å². The van der Waals surface area contributed by atoms with E-state index in [0.29, 0.717) is 13.2 Å². The van der Waals surface area contributed by atoms with E-state index in [9.17, 15) is 19.5 Å². The second-order valence-corrected chi connectivity index (χ2v) is 5.55. The fourth-order valence-corrected chi connectivity index (χ4v) is 2.64. The van der Waals surface area contributed by atoms with E-state index in [-0.39, 0.29) is 25.0 Å². The summed E-state index contributed by atoms with van der Waals surface area (Å²) < 4.78 is 10.2. The highest BCUT2D eigenvalue weighted by atomic mass is 16.6. The van der Waals surface area contributed by atoms with E-state index < -0.39 is 34.5 Å². The molecular weight excluding hydrogens is 284 g/mol. The molecular formula is C13H16O8. The van der Waals surface area contributed by atoms with Crippen molar-refractivity contribution in [3.63, 3.8) is 0 Å². The van der Waals surface area contributed by atoms with Gasteiger partial charge in [0.1, 0.15) is 0 Å².